The number of hydrogen-bond acceptors (Lipinski definition) is 4. The van der Waals surface area contributed by atoms with Crippen LogP contribution in [0, 0.1) is 18.8 Å². The standard InChI is InChI=1S/C12H19N3O2/c1-7-4-13-6-10(7)11(16)15-9(3)12-14-5-8(2)17-12/h5,7,9-10,13H,4,6H2,1-3H3,(H,15,16). The molecule has 0 spiro atoms. The van der Waals surface area contributed by atoms with Gasteiger partial charge in [-0.05, 0) is 26.3 Å². The molecule has 0 radical (unpaired) electrons. The normalized spacial score (nSPS) is 25.8. The molecule has 3 unspecified atom stereocenters. The zero-order valence-corrected chi connectivity index (χ0v) is 10.5. The van der Waals surface area contributed by atoms with Crippen LogP contribution in [0.25, 0.3) is 0 Å². The van der Waals surface area contributed by atoms with Crippen LogP contribution in [0.1, 0.15) is 31.5 Å². The zero-order chi connectivity index (χ0) is 12.4. The van der Waals surface area contributed by atoms with Crippen LogP contribution in [0.2, 0.25) is 0 Å². The molecule has 5 heteroatoms. The van der Waals surface area contributed by atoms with Crippen molar-refractivity contribution in [1.82, 2.24) is 15.6 Å². The van der Waals surface area contributed by atoms with Gasteiger partial charge >= 0.3 is 0 Å². The lowest BCUT2D eigenvalue weighted by molar-refractivity contribution is -0.126. The minimum absolute atomic E-state index is 0.0495. The molecule has 0 saturated carbocycles. The van der Waals surface area contributed by atoms with Gasteiger partial charge in [-0.15, -0.1) is 0 Å². The van der Waals surface area contributed by atoms with Crippen molar-refractivity contribution in [2.45, 2.75) is 26.8 Å². The van der Waals surface area contributed by atoms with E-state index in [1.165, 1.54) is 0 Å². The van der Waals surface area contributed by atoms with Crippen LogP contribution in [-0.4, -0.2) is 24.0 Å². The number of aryl methyl sites for hydroxylation is 1. The average Bonchev–Trinajstić information content (AvgIpc) is 2.86. The molecule has 0 aromatic carbocycles. The summed E-state index contributed by atoms with van der Waals surface area (Å²) >= 11 is 0. The minimum Gasteiger partial charge on any atom is -0.444 e. The van der Waals surface area contributed by atoms with Crippen LogP contribution in [-0.2, 0) is 4.79 Å². The Bertz CT molecular complexity index is 402. The van der Waals surface area contributed by atoms with Gasteiger partial charge in [0.15, 0.2) is 0 Å². The van der Waals surface area contributed by atoms with E-state index in [-0.39, 0.29) is 17.9 Å². The van der Waals surface area contributed by atoms with E-state index < -0.39 is 0 Å². The van der Waals surface area contributed by atoms with Gasteiger partial charge in [0.25, 0.3) is 0 Å². The molecule has 1 aromatic rings. The van der Waals surface area contributed by atoms with Crippen molar-refractivity contribution >= 4 is 5.91 Å². The summed E-state index contributed by atoms with van der Waals surface area (Å²) in [4.78, 5) is 16.1. The summed E-state index contributed by atoms with van der Waals surface area (Å²) in [6.45, 7) is 7.48. The van der Waals surface area contributed by atoms with Gasteiger partial charge in [-0.3, -0.25) is 4.79 Å². The van der Waals surface area contributed by atoms with Crippen LogP contribution in [0.15, 0.2) is 10.6 Å². The summed E-state index contributed by atoms with van der Waals surface area (Å²) in [6, 6.07) is -0.177. The highest BCUT2D eigenvalue weighted by Crippen LogP contribution is 2.18. The second-order valence-electron chi connectivity index (χ2n) is 4.78. The molecule has 1 aliphatic heterocycles. The molecule has 1 amide bonds. The maximum Gasteiger partial charge on any atom is 0.225 e. The van der Waals surface area contributed by atoms with Crippen molar-refractivity contribution in [3.8, 4) is 0 Å². The number of carbonyl (C=O) groups is 1. The Morgan fingerprint density at radius 1 is 1.65 bits per heavy atom. The highest BCUT2D eigenvalue weighted by molar-refractivity contribution is 5.79. The fourth-order valence-electron chi connectivity index (χ4n) is 2.12. The smallest absolute Gasteiger partial charge is 0.225 e. The summed E-state index contributed by atoms with van der Waals surface area (Å²) in [7, 11) is 0. The maximum atomic E-state index is 12.0. The van der Waals surface area contributed by atoms with Crippen LogP contribution in [0.4, 0.5) is 0 Å². The van der Waals surface area contributed by atoms with E-state index in [9.17, 15) is 4.79 Å². The molecule has 0 aliphatic carbocycles. The van der Waals surface area contributed by atoms with E-state index in [1.54, 1.807) is 6.20 Å². The van der Waals surface area contributed by atoms with Crippen molar-refractivity contribution in [1.29, 1.82) is 0 Å². The van der Waals surface area contributed by atoms with Gasteiger partial charge in [-0.25, -0.2) is 4.98 Å². The molecule has 94 valence electrons. The Kier molecular flexibility index (Phi) is 3.47. The lowest BCUT2D eigenvalue weighted by Crippen LogP contribution is -2.36. The Morgan fingerprint density at radius 3 is 2.94 bits per heavy atom. The summed E-state index contributed by atoms with van der Waals surface area (Å²) in [5, 5.41) is 6.17. The van der Waals surface area contributed by atoms with Gasteiger partial charge in [0.2, 0.25) is 11.8 Å². The van der Waals surface area contributed by atoms with Crippen molar-refractivity contribution < 1.29 is 9.21 Å². The van der Waals surface area contributed by atoms with E-state index in [2.05, 4.69) is 22.5 Å². The SMILES string of the molecule is Cc1cnc(C(C)NC(=O)C2CNCC2C)o1. The van der Waals surface area contributed by atoms with Crippen LogP contribution < -0.4 is 10.6 Å². The molecule has 17 heavy (non-hydrogen) atoms. The molecule has 0 bridgehead atoms. The van der Waals surface area contributed by atoms with Crippen LogP contribution >= 0.6 is 0 Å². The maximum absolute atomic E-state index is 12.0. The first-order valence-corrected chi connectivity index (χ1v) is 6.01. The molecule has 3 atom stereocenters. The third kappa shape index (κ3) is 2.66. The van der Waals surface area contributed by atoms with Gasteiger partial charge in [0, 0.05) is 6.54 Å². The number of amides is 1. The molecule has 2 heterocycles. The first-order valence-electron chi connectivity index (χ1n) is 6.01. The van der Waals surface area contributed by atoms with E-state index in [0.717, 1.165) is 18.8 Å². The Morgan fingerprint density at radius 2 is 2.41 bits per heavy atom. The molecule has 2 rings (SSSR count). The Labute approximate surface area is 101 Å². The quantitative estimate of drug-likeness (QED) is 0.823. The van der Waals surface area contributed by atoms with Crippen molar-refractivity contribution in [2.75, 3.05) is 13.1 Å². The van der Waals surface area contributed by atoms with Gasteiger partial charge in [-0.1, -0.05) is 6.92 Å². The van der Waals surface area contributed by atoms with Crippen LogP contribution in [0.3, 0.4) is 0 Å². The predicted octanol–water partition coefficient (Wildman–Crippen LogP) is 1.02. The third-order valence-corrected chi connectivity index (χ3v) is 3.22. The van der Waals surface area contributed by atoms with Crippen molar-refractivity contribution in [3.63, 3.8) is 0 Å². The van der Waals surface area contributed by atoms with E-state index >= 15 is 0 Å². The summed E-state index contributed by atoms with van der Waals surface area (Å²) in [5.74, 6) is 1.83. The highest BCUT2D eigenvalue weighted by atomic mass is 16.4. The average molecular weight is 237 g/mol. The number of nitrogens with one attached hydrogen (secondary N) is 2. The van der Waals surface area contributed by atoms with Gasteiger partial charge in [0.1, 0.15) is 11.8 Å². The Hall–Kier alpha value is -1.36. The first kappa shape index (κ1) is 12.1. The lowest BCUT2D eigenvalue weighted by Gasteiger charge is -2.17. The van der Waals surface area contributed by atoms with Gasteiger partial charge in [-0.2, -0.15) is 0 Å². The van der Waals surface area contributed by atoms with E-state index in [4.69, 9.17) is 4.42 Å². The van der Waals surface area contributed by atoms with Gasteiger partial charge < -0.3 is 15.1 Å². The second-order valence-corrected chi connectivity index (χ2v) is 4.78. The fourth-order valence-corrected chi connectivity index (χ4v) is 2.12. The Balaban J connectivity index is 1.94. The number of rotatable bonds is 3. The molecule has 1 aliphatic rings. The molecular formula is C12H19N3O2. The number of nitrogens with zero attached hydrogens (tertiary/aromatic N) is 1. The molecule has 1 saturated heterocycles. The van der Waals surface area contributed by atoms with Crippen molar-refractivity contribution in [2.24, 2.45) is 11.8 Å². The van der Waals surface area contributed by atoms with E-state index in [0.29, 0.717) is 11.8 Å². The largest absolute Gasteiger partial charge is 0.444 e. The van der Waals surface area contributed by atoms with E-state index in [1.807, 2.05) is 13.8 Å². The lowest BCUT2D eigenvalue weighted by atomic mass is 9.97. The number of carbonyl (C=O) groups excluding carboxylic acids is 1. The molecule has 1 fully saturated rings. The van der Waals surface area contributed by atoms with Crippen LogP contribution in [0.5, 0.6) is 0 Å². The summed E-state index contributed by atoms with van der Waals surface area (Å²) in [6.07, 6.45) is 1.66. The van der Waals surface area contributed by atoms with Crippen molar-refractivity contribution in [3.05, 3.63) is 17.8 Å². The topological polar surface area (TPSA) is 67.2 Å². The number of oxazole rings is 1. The molecule has 1 aromatic heterocycles. The zero-order valence-electron chi connectivity index (χ0n) is 10.5. The predicted molar refractivity (Wildman–Crippen MR) is 63.3 cm³/mol. The fraction of sp³-hybridized carbons (Fsp3) is 0.667. The molecular weight excluding hydrogens is 218 g/mol. The molecule has 5 nitrogen and oxygen atoms in total. The summed E-state index contributed by atoms with van der Waals surface area (Å²) < 4.78 is 5.39. The first-order chi connectivity index (χ1) is 8.08. The van der Waals surface area contributed by atoms with Gasteiger partial charge in [0.05, 0.1) is 12.1 Å². The summed E-state index contributed by atoms with van der Waals surface area (Å²) in [5.41, 5.74) is 0. The third-order valence-electron chi connectivity index (χ3n) is 3.22. The molecule has 2 N–H and O–H groups in total. The minimum atomic E-state index is -0.177. The number of aromatic nitrogens is 1. The number of hydrogen-bond donors (Lipinski definition) is 2. The second kappa shape index (κ2) is 4.87. The monoisotopic (exact) mass is 237 g/mol. The highest BCUT2D eigenvalue weighted by Gasteiger charge is 2.30.